The van der Waals surface area contributed by atoms with Gasteiger partial charge in [0, 0.05) is 12.2 Å². The highest BCUT2D eigenvalue weighted by Gasteiger charge is 2.38. The standard InChI is InChI=1S/C33H43N3O4/c1-9-19-36(31(38)28(21(2)3)35-32(39)40-33(6,7)8)29(27-22(4)13-12-14-23(27)5)30(37)34-26-18-17-24-15-10-11-16-25(24)20-26/h10-18,20-21,28-29H,9,19H2,1-8H3,(H,34,37)(H,35,39). The van der Waals surface area contributed by atoms with Crippen LogP contribution in [-0.2, 0) is 14.3 Å². The first-order valence-electron chi connectivity index (χ1n) is 14.0. The van der Waals surface area contributed by atoms with E-state index in [9.17, 15) is 14.4 Å². The van der Waals surface area contributed by atoms with E-state index in [0.29, 0.717) is 18.7 Å². The Bertz CT molecular complexity index is 1340. The van der Waals surface area contributed by atoms with Gasteiger partial charge in [-0.25, -0.2) is 4.79 Å². The van der Waals surface area contributed by atoms with Crippen LogP contribution in [-0.4, -0.2) is 41.0 Å². The largest absolute Gasteiger partial charge is 0.444 e. The fraction of sp³-hybridized carbons (Fsp3) is 0.424. The van der Waals surface area contributed by atoms with E-state index in [0.717, 1.165) is 27.5 Å². The number of carbonyl (C=O) groups excluding carboxylic acids is 3. The lowest BCUT2D eigenvalue weighted by Crippen LogP contribution is -2.54. The van der Waals surface area contributed by atoms with E-state index < -0.39 is 23.8 Å². The third-order valence-electron chi connectivity index (χ3n) is 6.75. The molecule has 0 aliphatic rings. The Labute approximate surface area is 238 Å². The predicted octanol–water partition coefficient (Wildman–Crippen LogP) is 6.92. The number of anilines is 1. The molecule has 2 N–H and O–H groups in total. The molecule has 7 nitrogen and oxygen atoms in total. The highest BCUT2D eigenvalue weighted by atomic mass is 16.6. The third kappa shape index (κ3) is 7.62. The minimum Gasteiger partial charge on any atom is -0.444 e. The molecule has 3 amide bonds. The topological polar surface area (TPSA) is 87.7 Å². The number of carbonyl (C=O) groups is 3. The molecule has 3 aromatic carbocycles. The summed E-state index contributed by atoms with van der Waals surface area (Å²) in [6.07, 6.45) is -0.0338. The Morgan fingerprint density at radius 1 is 0.900 bits per heavy atom. The number of amides is 3. The second kappa shape index (κ2) is 13.0. The molecule has 0 fully saturated rings. The highest BCUT2D eigenvalue weighted by molar-refractivity contribution is 6.00. The van der Waals surface area contributed by atoms with E-state index in [4.69, 9.17) is 4.74 Å². The smallest absolute Gasteiger partial charge is 0.408 e. The van der Waals surface area contributed by atoms with Gasteiger partial charge in [-0.1, -0.05) is 69.3 Å². The summed E-state index contributed by atoms with van der Waals surface area (Å²) in [5.74, 6) is -0.875. The van der Waals surface area contributed by atoms with Crippen LogP contribution in [0.5, 0.6) is 0 Å². The van der Waals surface area contributed by atoms with Crippen molar-refractivity contribution in [2.75, 3.05) is 11.9 Å². The van der Waals surface area contributed by atoms with E-state index in [2.05, 4.69) is 10.6 Å². The quantitative estimate of drug-likeness (QED) is 0.305. The van der Waals surface area contributed by atoms with Gasteiger partial charge >= 0.3 is 6.09 Å². The fourth-order valence-electron chi connectivity index (χ4n) is 4.90. The number of benzene rings is 3. The zero-order chi connectivity index (χ0) is 29.6. The van der Waals surface area contributed by atoms with Crippen LogP contribution >= 0.6 is 0 Å². The van der Waals surface area contributed by atoms with Crippen molar-refractivity contribution in [3.8, 4) is 0 Å². The number of hydrogen-bond donors (Lipinski definition) is 2. The molecule has 0 aliphatic carbocycles. The predicted molar refractivity (Wildman–Crippen MR) is 161 cm³/mol. The van der Waals surface area contributed by atoms with Crippen molar-refractivity contribution < 1.29 is 19.1 Å². The molecule has 2 unspecified atom stereocenters. The Morgan fingerprint density at radius 3 is 2.10 bits per heavy atom. The van der Waals surface area contributed by atoms with Crippen LogP contribution in [0.15, 0.2) is 60.7 Å². The second-order valence-electron chi connectivity index (χ2n) is 11.7. The van der Waals surface area contributed by atoms with Crippen molar-refractivity contribution >= 4 is 34.4 Å². The van der Waals surface area contributed by atoms with E-state index in [1.165, 1.54) is 0 Å². The van der Waals surface area contributed by atoms with Crippen LogP contribution in [0.1, 0.15) is 70.7 Å². The molecule has 0 aromatic heterocycles. The second-order valence-corrected chi connectivity index (χ2v) is 11.7. The molecule has 0 radical (unpaired) electrons. The molecule has 0 aliphatic heterocycles. The maximum atomic E-state index is 14.2. The van der Waals surface area contributed by atoms with Gasteiger partial charge in [0.15, 0.2) is 0 Å². The van der Waals surface area contributed by atoms with Crippen LogP contribution in [0.4, 0.5) is 10.5 Å². The minimum absolute atomic E-state index is 0.235. The van der Waals surface area contributed by atoms with Gasteiger partial charge in [-0.3, -0.25) is 9.59 Å². The first-order valence-corrected chi connectivity index (χ1v) is 14.0. The van der Waals surface area contributed by atoms with Crippen LogP contribution in [0.25, 0.3) is 10.8 Å². The maximum absolute atomic E-state index is 14.2. The summed E-state index contributed by atoms with van der Waals surface area (Å²) in [5.41, 5.74) is 2.54. The zero-order valence-electron chi connectivity index (χ0n) is 25.0. The minimum atomic E-state index is -0.901. The van der Waals surface area contributed by atoms with Crippen molar-refractivity contribution in [1.29, 1.82) is 0 Å². The van der Waals surface area contributed by atoms with Crippen LogP contribution in [0.3, 0.4) is 0 Å². The Hall–Kier alpha value is -3.87. The van der Waals surface area contributed by atoms with Crippen molar-refractivity contribution in [1.82, 2.24) is 10.2 Å². The first kappa shape index (κ1) is 30.7. The summed E-state index contributed by atoms with van der Waals surface area (Å²) >= 11 is 0. The van der Waals surface area contributed by atoms with Crippen molar-refractivity contribution in [3.05, 3.63) is 77.4 Å². The summed E-state index contributed by atoms with van der Waals surface area (Å²) in [7, 11) is 0. The first-order chi connectivity index (χ1) is 18.8. The maximum Gasteiger partial charge on any atom is 0.408 e. The van der Waals surface area contributed by atoms with Gasteiger partial charge in [0.2, 0.25) is 5.91 Å². The number of aryl methyl sites for hydroxylation is 2. The molecule has 40 heavy (non-hydrogen) atoms. The molecule has 0 saturated heterocycles. The van der Waals surface area contributed by atoms with Crippen molar-refractivity contribution in [3.63, 3.8) is 0 Å². The van der Waals surface area contributed by atoms with Gasteiger partial charge in [0.25, 0.3) is 5.91 Å². The van der Waals surface area contributed by atoms with Crippen LogP contribution in [0.2, 0.25) is 0 Å². The lowest BCUT2D eigenvalue weighted by Gasteiger charge is -2.36. The molecule has 2 atom stereocenters. The number of rotatable bonds is 9. The van der Waals surface area contributed by atoms with E-state index in [-0.39, 0.29) is 17.7 Å². The summed E-state index contributed by atoms with van der Waals surface area (Å²) in [6.45, 7) is 15.3. The van der Waals surface area contributed by atoms with Crippen LogP contribution in [0, 0.1) is 19.8 Å². The molecule has 3 rings (SSSR count). The highest BCUT2D eigenvalue weighted by Crippen LogP contribution is 2.31. The number of alkyl carbamates (subject to hydrolysis) is 1. The fourth-order valence-corrected chi connectivity index (χ4v) is 4.90. The number of nitrogens with one attached hydrogen (secondary N) is 2. The van der Waals surface area contributed by atoms with Gasteiger partial charge < -0.3 is 20.3 Å². The van der Waals surface area contributed by atoms with Gasteiger partial charge in [-0.15, -0.1) is 0 Å². The van der Waals surface area contributed by atoms with Gasteiger partial charge in [-0.05, 0) is 86.6 Å². The molecular formula is C33H43N3O4. The Kier molecular flexibility index (Phi) is 9.96. The van der Waals surface area contributed by atoms with Gasteiger partial charge in [0.05, 0.1) is 0 Å². The zero-order valence-corrected chi connectivity index (χ0v) is 25.0. The summed E-state index contributed by atoms with van der Waals surface area (Å²) < 4.78 is 5.45. The SMILES string of the molecule is CCCN(C(=O)C(NC(=O)OC(C)(C)C)C(C)C)C(C(=O)Nc1ccc2ccccc2c1)c1c(C)cccc1C. The van der Waals surface area contributed by atoms with E-state index in [1.54, 1.807) is 25.7 Å². The Morgan fingerprint density at radius 2 is 1.52 bits per heavy atom. The van der Waals surface area contributed by atoms with Crippen molar-refractivity contribution in [2.45, 2.75) is 79.5 Å². The third-order valence-corrected chi connectivity index (χ3v) is 6.75. The number of fused-ring (bicyclic) bond motifs is 1. The van der Waals surface area contributed by atoms with E-state index in [1.807, 2.05) is 95.3 Å². The van der Waals surface area contributed by atoms with Gasteiger partial charge in [-0.2, -0.15) is 0 Å². The van der Waals surface area contributed by atoms with Gasteiger partial charge in [0.1, 0.15) is 17.7 Å². The molecule has 3 aromatic rings. The molecule has 0 spiro atoms. The molecule has 0 saturated carbocycles. The Balaban J connectivity index is 2.05. The number of ether oxygens (including phenoxy) is 1. The molecule has 7 heteroatoms. The van der Waals surface area contributed by atoms with E-state index >= 15 is 0 Å². The molecular weight excluding hydrogens is 502 g/mol. The van der Waals surface area contributed by atoms with Crippen LogP contribution < -0.4 is 10.6 Å². The lowest BCUT2D eigenvalue weighted by molar-refractivity contribution is -0.141. The molecule has 214 valence electrons. The number of nitrogens with zero attached hydrogens (tertiary/aromatic N) is 1. The van der Waals surface area contributed by atoms with Crippen molar-refractivity contribution in [2.24, 2.45) is 5.92 Å². The monoisotopic (exact) mass is 545 g/mol. The molecule has 0 heterocycles. The summed E-state index contributed by atoms with van der Waals surface area (Å²) in [5, 5.41) is 7.93. The normalized spacial score (nSPS) is 13.0. The summed E-state index contributed by atoms with van der Waals surface area (Å²) in [6, 6.07) is 17.8. The average Bonchev–Trinajstić information content (AvgIpc) is 2.87. The summed E-state index contributed by atoms with van der Waals surface area (Å²) in [4.78, 5) is 42.7. The lowest BCUT2D eigenvalue weighted by atomic mass is 9.92. The molecule has 0 bridgehead atoms. The average molecular weight is 546 g/mol. The number of hydrogen-bond acceptors (Lipinski definition) is 4.